The Balaban J connectivity index is 2.78. The first kappa shape index (κ1) is 15.5. The van der Waals surface area contributed by atoms with Crippen molar-refractivity contribution in [1.29, 1.82) is 0 Å². The van der Waals surface area contributed by atoms with Crippen molar-refractivity contribution in [3.05, 3.63) is 29.3 Å². The zero-order valence-electron chi connectivity index (χ0n) is 12.4. The fraction of sp³-hybridized carbons (Fsp3) is 0.533. The number of aryl methyl sites for hydroxylation is 1. The fourth-order valence-electron chi connectivity index (χ4n) is 1.80. The number of ether oxygens (including phenoxy) is 1. The van der Waals surface area contributed by atoms with E-state index in [4.69, 9.17) is 4.74 Å². The third-order valence-electron chi connectivity index (χ3n) is 2.69. The molecule has 0 aliphatic rings. The van der Waals surface area contributed by atoms with E-state index >= 15 is 0 Å². The van der Waals surface area contributed by atoms with Gasteiger partial charge in [0.1, 0.15) is 5.75 Å². The highest BCUT2D eigenvalue weighted by Gasteiger charge is 2.16. The van der Waals surface area contributed by atoms with Crippen LogP contribution in [0.5, 0.6) is 5.75 Å². The monoisotopic (exact) mass is 264 g/mol. The highest BCUT2D eigenvalue weighted by atomic mass is 16.5. The number of benzene rings is 1. The zero-order valence-corrected chi connectivity index (χ0v) is 12.4. The zero-order chi connectivity index (χ0) is 14.4. The van der Waals surface area contributed by atoms with Crippen molar-refractivity contribution in [1.82, 2.24) is 10.6 Å². The number of amides is 1. The van der Waals surface area contributed by atoms with Crippen LogP contribution in [0.25, 0.3) is 0 Å². The van der Waals surface area contributed by atoms with E-state index in [-0.39, 0.29) is 11.9 Å². The molecule has 4 nitrogen and oxygen atoms in total. The Labute approximate surface area is 115 Å². The first-order valence-electron chi connectivity index (χ1n) is 6.65. The Morgan fingerprint density at radius 2 is 2.00 bits per heavy atom. The van der Waals surface area contributed by atoms with Gasteiger partial charge in [0, 0.05) is 18.2 Å². The lowest BCUT2D eigenvalue weighted by atomic mass is 10.1. The van der Waals surface area contributed by atoms with Gasteiger partial charge in [0.15, 0.2) is 6.10 Å². The molecule has 1 aromatic rings. The number of rotatable bonds is 6. The van der Waals surface area contributed by atoms with Gasteiger partial charge in [0.25, 0.3) is 5.91 Å². The van der Waals surface area contributed by atoms with Crippen LogP contribution in [0.3, 0.4) is 0 Å². The summed E-state index contributed by atoms with van der Waals surface area (Å²) in [5.74, 6) is 0.664. The summed E-state index contributed by atoms with van der Waals surface area (Å²) in [7, 11) is 1.89. The molecule has 1 aromatic carbocycles. The second-order valence-electron chi connectivity index (χ2n) is 5.06. The summed E-state index contributed by atoms with van der Waals surface area (Å²) in [6, 6.07) is 6.09. The highest BCUT2D eigenvalue weighted by Crippen LogP contribution is 2.21. The summed E-state index contributed by atoms with van der Waals surface area (Å²) in [5, 5.41) is 5.95. The summed E-state index contributed by atoms with van der Waals surface area (Å²) < 4.78 is 5.76. The largest absolute Gasteiger partial charge is 0.481 e. The van der Waals surface area contributed by atoms with Gasteiger partial charge in [-0.3, -0.25) is 4.79 Å². The molecule has 0 bridgehead atoms. The molecule has 0 spiro atoms. The Bertz CT molecular complexity index is 430. The van der Waals surface area contributed by atoms with Crippen LogP contribution in [-0.4, -0.2) is 25.1 Å². The van der Waals surface area contributed by atoms with E-state index in [1.807, 2.05) is 40.0 Å². The Hall–Kier alpha value is -1.55. The van der Waals surface area contributed by atoms with E-state index in [9.17, 15) is 4.79 Å². The van der Waals surface area contributed by atoms with Crippen molar-refractivity contribution < 1.29 is 9.53 Å². The molecular weight excluding hydrogens is 240 g/mol. The molecule has 0 saturated carbocycles. The van der Waals surface area contributed by atoms with E-state index in [0.29, 0.717) is 0 Å². The molecule has 1 amide bonds. The SMILES string of the molecule is CNCc1cc(C)ccc1OC(C)C(=O)NC(C)C. The van der Waals surface area contributed by atoms with E-state index < -0.39 is 6.10 Å². The Kier molecular flexibility index (Phi) is 5.83. The molecule has 0 saturated heterocycles. The van der Waals surface area contributed by atoms with Crippen molar-refractivity contribution in [2.75, 3.05) is 7.05 Å². The standard InChI is InChI=1S/C15H24N2O2/c1-10(2)17-15(18)12(4)19-14-7-6-11(3)8-13(14)9-16-5/h6-8,10,12,16H,9H2,1-5H3,(H,17,18). The molecule has 106 valence electrons. The number of hydrogen-bond acceptors (Lipinski definition) is 3. The van der Waals surface area contributed by atoms with Crippen LogP contribution in [0.4, 0.5) is 0 Å². The molecule has 0 aromatic heterocycles. The van der Waals surface area contributed by atoms with E-state index in [1.54, 1.807) is 6.92 Å². The number of carbonyl (C=O) groups excluding carboxylic acids is 1. The number of hydrogen-bond donors (Lipinski definition) is 2. The molecule has 1 unspecified atom stereocenters. The molecule has 0 fully saturated rings. The van der Waals surface area contributed by atoms with Gasteiger partial charge in [0.05, 0.1) is 0 Å². The summed E-state index contributed by atoms with van der Waals surface area (Å²) >= 11 is 0. The van der Waals surface area contributed by atoms with Crippen LogP contribution in [0.15, 0.2) is 18.2 Å². The van der Waals surface area contributed by atoms with Gasteiger partial charge in [-0.15, -0.1) is 0 Å². The van der Waals surface area contributed by atoms with Crippen LogP contribution in [0.1, 0.15) is 31.9 Å². The molecular formula is C15H24N2O2. The van der Waals surface area contributed by atoms with Crippen LogP contribution < -0.4 is 15.4 Å². The smallest absolute Gasteiger partial charge is 0.260 e. The van der Waals surface area contributed by atoms with Crippen LogP contribution in [0, 0.1) is 6.92 Å². The maximum Gasteiger partial charge on any atom is 0.260 e. The first-order valence-corrected chi connectivity index (χ1v) is 6.65. The molecule has 2 N–H and O–H groups in total. The summed E-state index contributed by atoms with van der Waals surface area (Å²) in [4.78, 5) is 11.8. The summed E-state index contributed by atoms with van der Waals surface area (Å²) in [5.41, 5.74) is 2.24. The third kappa shape index (κ3) is 4.91. The minimum absolute atomic E-state index is 0.0917. The lowest BCUT2D eigenvalue weighted by Crippen LogP contribution is -2.40. The normalized spacial score (nSPS) is 12.3. The second kappa shape index (κ2) is 7.14. The molecule has 0 aliphatic heterocycles. The van der Waals surface area contributed by atoms with Crippen molar-refractivity contribution in [3.8, 4) is 5.75 Å². The summed E-state index contributed by atoms with van der Waals surface area (Å²) in [6.07, 6.45) is -0.499. The van der Waals surface area contributed by atoms with Crippen molar-refractivity contribution in [2.45, 2.75) is 46.4 Å². The maximum absolute atomic E-state index is 11.8. The van der Waals surface area contributed by atoms with Crippen LogP contribution in [0.2, 0.25) is 0 Å². The van der Waals surface area contributed by atoms with E-state index in [2.05, 4.69) is 16.7 Å². The highest BCUT2D eigenvalue weighted by molar-refractivity contribution is 5.80. The maximum atomic E-state index is 11.8. The van der Waals surface area contributed by atoms with E-state index in [0.717, 1.165) is 17.9 Å². The predicted octanol–water partition coefficient (Wildman–Crippen LogP) is 2.01. The van der Waals surface area contributed by atoms with E-state index in [1.165, 1.54) is 5.56 Å². The lowest BCUT2D eigenvalue weighted by Gasteiger charge is -2.18. The van der Waals surface area contributed by atoms with Gasteiger partial charge in [0.2, 0.25) is 0 Å². The average Bonchev–Trinajstić information content (AvgIpc) is 2.32. The topological polar surface area (TPSA) is 50.4 Å². The molecule has 0 aliphatic carbocycles. The average molecular weight is 264 g/mol. The van der Waals surface area contributed by atoms with Crippen molar-refractivity contribution in [3.63, 3.8) is 0 Å². The minimum Gasteiger partial charge on any atom is -0.481 e. The minimum atomic E-state index is -0.499. The second-order valence-corrected chi connectivity index (χ2v) is 5.06. The molecule has 1 rings (SSSR count). The van der Waals surface area contributed by atoms with Crippen molar-refractivity contribution in [2.24, 2.45) is 0 Å². The fourth-order valence-corrected chi connectivity index (χ4v) is 1.80. The quantitative estimate of drug-likeness (QED) is 0.826. The lowest BCUT2D eigenvalue weighted by molar-refractivity contribution is -0.127. The first-order chi connectivity index (χ1) is 8.93. The Morgan fingerprint density at radius 1 is 1.32 bits per heavy atom. The van der Waals surface area contributed by atoms with Crippen LogP contribution in [-0.2, 0) is 11.3 Å². The Morgan fingerprint density at radius 3 is 2.58 bits per heavy atom. The van der Waals surface area contributed by atoms with Crippen molar-refractivity contribution >= 4 is 5.91 Å². The third-order valence-corrected chi connectivity index (χ3v) is 2.69. The van der Waals surface area contributed by atoms with Gasteiger partial charge < -0.3 is 15.4 Å². The van der Waals surface area contributed by atoms with Gasteiger partial charge >= 0.3 is 0 Å². The van der Waals surface area contributed by atoms with Gasteiger partial charge in [-0.1, -0.05) is 17.7 Å². The molecule has 0 radical (unpaired) electrons. The van der Waals surface area contributed by atoms with Crippen LogP contribution >= 0.6 is 0 Å². The van der Waals surface area contributed by atoms with Gasteiger partial charge in [-0.25, -0.2) is 0 Å². The van der Waals surface area contributed by atoms with Gasteiger partial charge in [-0.05, 0) is 40.8 Å². The molecule has 4 heteroatoms. The predicted molar refractivity (Wildman–Crippen MR) is 77.3 cm³/mol. The van der Waals surface area contributed by atoms with Gasteiger partial charge in [-0.2, -0.15) is 0 Å². The number of nitrogens with one attached hydrogen (secondary N) is 2. The number of carbonyl (C=O) groups is 1. The molecule has 1 atom stereocenters. The summed E-state index contributed by atoms with van der Waals surface area (Å²) in [6.45, 7) is 8.39. The molecule has 0 heterocycles. The molecule has 19 heavy (non-hydrogen) atoms.